The van der Waals surface area contributed by atoms with E-state index in [-0.39, 0.29) is 16.7 Å². The van der Waals surface area contributed by atoms with Crippen LogP contribution in [0.4, 0.5) is 5.69 Å². The van der Waals surface area contributed by atoms with Gasteiger partial charge in [0, 0.05) is 41.0 Å². The number of carbonyl (C=O) groups is 2. The number of ketones is 1. The average Bonchev–Trinajstić information content (AvgIpc) is 3.32. The fourth-order valence-corrected chi connectivity index (χ4v) is 5.06. The molecule has 5 heteroatoms. The lowest BCUT2D eigenvalue weighted by Gasteiger charge is -2.25. The molecule has 182 valence electrons. The number of fused-ring (bicyclic) bond motifs is 1. The van der Waals surface area contributed by atoms with Crippen LogP contribution in [0.3, 0.4) is 0 Å². The molecule has 1 aromatic heterocycles. The van der Waals surface area contributed by atoms with Crippen LogP contribution in [0.2, 0.25) is 0 Å². The molecule has 1 amide bonds. The number of hydrogen-bond acceptors (Lipinski definition) is 3. The average molecular weight is 479 g/mol. The molecular formula is C31H30N2O3. The van der Waals surface area contributed by atoms with E-state index in [9.17, 15) is 14.7 Å². The number of hydrogen-bond donors (Lipinski definition) is 1. The summed E-state index contributed by atoms with van der Waals surface area (Å²) in [5, 5.41) is 12.7. The molecule has 36 heavy (non-hydrogen) atoms. The van der Waals surface area contributed by atoms with Gasteiger partial charge in [-0.1, -0.05) is 69.3 Å². The highest BCUT2D eigenvalue weighted by molar-refractivity contribution is 6.52. The van der Waals surface area contributed by atoms with Crippen molar-refractivity contribution in [2.45, 2.75) is 39.2 Å². The first-order chi connectivity index (χ1) is 17.1. The van der Waals surface area contributed by atoms with Crippen molar-refractivity contribution in [3.05, 3.63) is 107 Å². The molecular weight excluding hydrogens is 448 g/mol. The van der Waals surface area contributed by atoms with Gasteiger partial charge in [0.25, 0.3) is 11.7 Å². The molecule has 1 aliphatic rings. The summed E-state index contributed by atoms with van der Waals surface area (Å²) in [5.74, 6) is -1.48. The zero-order valence-corrected chi connectivity index (χ0v) is 21.2. The molecule has 1 saturated heterocycles. The van der Waals surface area contributed by atoms with Crippen LogP contribution in [-0.4, -0.2) is 21.4 Å². The number of benzene rings is 3. The van der Waals surface area contributed by atoms with Gasteiger partial charge < -0.3 is 9.67 Å². The SMILES string of the molecule is Cc1ccc(C(C)(C)C)cc1/C(O)=C1\C(=O)C(=O)N(c2ccccc2)C1c1cn(C)c2ccccc12. The molecule has 5 nitrogen and oxygen atoms in total. The molecule has 1 atom stereocenters. The third kappa shape index (κ3) is 3.72. The van der Waals surface area contributed by atoms with Crippen molar-refractivity contribution in [1.29, 1.82) is 0 Å². The van der Waals surface area contributed by atoms with Gasteiger partial charge in [0.15, 0.2) is 0 Å². The highest BCUT2D eigenvalue weighted by Gasteiger charge is 2.48. The second kappa shape index (κ2) is 8.52. The maximum atomic E-state index is 13.6. The standard InChI is InChI=1S/C31H30N2O3/c1-19-15-16-20(31(2,3)4)17-23(19)28(34)26-27(24-18-32(5)25-14-10-9-13-22(24)25)33(30(36)29(26)35)21-11-7-6-8-12-21/h6-18,27,34H,1-5H3/b28-26+. The number of rotatable bonds is 3. The highest BCUT2D eigenvalue weighted by Crippen LogP contribution is 2.45. The summed E-state index contributed by atoms with van der Waals surface area (Å²) in [4.78, 5) is 28.6. The summed E-state index contributed by atoms with van der Waals surface area (Å²) < 4.78 is 1.99. The minimum Gasteiger partial charge on any atom is -0.507 e. The minimum absolute atomic E-state index is 0.106. The minimum atomic E-state index is -0.767. The lowest BCUT2D eigenvalue weighted by Crippen LogP contribution is -2.29. The summed E-state index contributed by atoms with van der Waals surface area (Å²) in [6, 6.07) is 22.2. The van der Waals surface area contributed by atoms with Crippen LogP contribution in [0.25, 0.3) is 16.7 Å². The van der Waals surface area contributed by atoms with Gasteiger partial charge in [-0.2, -0.15) is 0 Å². The maximum Gasteiger partial charge on any atom is 0.300 e. The number of aromatic nitrogens is 1. The van der Waals surface area contributed by atoms with Crippen LogP contribution >= 0.6 is 0 Å². The van der Waals surface area contributed by atoms with Gasteiger partial charge in [-0.3, -0.25) is 14.5 Å². The third-order valence-electron chi connectivity index (χ3n) is 7.06. The lowest BCUT2D eigenvalue weighted by atomic mass is 9.84. The Hall–Kier alpha value is -4.12. The van der Waals surface area contributed by atoms with E-state index in [0.29, 0.717) is 11.3 Å². The molecule has 4 aromatic rings. The number of aliphatic hydroxyl groups excluding tert-OH is 1. The van der Waals surface area contributed by atoms with Crippen LogP contribution in [0, 0.1) is 6.92 Å². The van der Waals surface area contributed by atoms with Crippen molar-refractivity contribution in [1.82, 2.24) is 4.57 Å². The van der Waals surface area contributed by atoms with E-state index in [4.69, 9.17) is 0 Å². The third-order valence-corrected chi connectivity index (χ3v) is 7.06. The Morgan fingerprint density at radius 3 is 2.28 bits per heavy atom. The maximum absolute atomic E-state index is 13.6. The van der Waals surface area contributed by atoms with Crippen molar-refractivity contribution in [2.24, 2.45) is 7.05 Å². The Bertz CT molecular complexity index is 1540. The van der Waals surface area contributed by atoms with E-state index in [1.54, 1.807) is 0 Å². The number of nitrogens with zero attached hydrogens (tertiary/aromatic N) is 2. The summed E-state index contributed by atoms with van der Waals surface area (Å²) in [7, 11) is 1.94. The molecule has 0 radical (unpaired) electrons. The van der Waals surface area contributed by atoms with Crippen LogP contribution in [-0.2, 0) is 22.1 Å². The molecule has 5 rings (SSSR count). The van der Waals surface area contributed by atoms with Crippen LogP contribution in [0.15, 0.2) is 84.6 Å². The molecule has 0 aliphatic carbocycles. The molecule has 1 aliphatic heterocycles. The summed E-state index contributed by atoms with van der Waals surface area (Å²) >= 11 is 0. The Morgan fingerprint density at radius 2 is 1.58 bits per heavy atom. The topological polar surface area (TPSA) is 62.5 Å². The fraction of sp³-hybridized carbons (Fsp3) is 0.226. The molecule has 1 fully saturated rings. The Kier molecular flexibility index (Phi) is 5.59. The first kappa shape index (κ1) is 23.6. The monoisotopic (exact) mass is 478 g/mol. The number of amides is 1. The number of anilines is 1. The largest absolute Gasteiger partial charge is 0.507 e. The van der Waals surface area contributed by atoms with Crippen LogP contribution < -0.4 is 4.90 Å². The summed E-state index contributed by atoms with van der Waals surface area (Å²) in [5.41, 5.74) is 4.79. The number of carbonyl (C=O) groups excluding carboxylic acids is 2. The molecule has 0 bridgehead atoms. The van der Waals surface area contributed by atoms with E-state index in [1.807, 2.05) is 97.5 Å². The number of aliphatic hydroxyl groups is 1. The van der Waals surface area contributed by atoms with Crippen molar-refractivity contribution >= 4 is 34.0 Å². The predicted octanol–water partition coefficient (Wildman–Crippen LogP) is 6.41. The summed E-state index contributed by atoms with van der Waals surface area (Å²) in [6.45, 7) is 8.21. The molecule has 3 aromatic carbocycles. The van der Waals surface area contributed by atoms with E-state index < -0.39 is 17.7 Å². The van der Waals surface area contributed by atoms with Crippen molar-refractivity contribution in [3.8, 4) is 0 Å². The van der Waals surface area contributed by atoms with Crippen molar-refractivity contribution < 1.29 is 14.7 Å². The highest BCUT2D eigenvalue weighted by atomic mass is 16.3. The zero-order valence-electron chi connectivity index (χ0n) is 21.2. The zero-order chi connectivity index (χ0) is 25.8. The van der Waals surface area contributed by atoms with E-state index in [2.05, 4.69) is 20.8 Å². The van der Waals surface area contributed by atoms with Gasteiger partial charge in [-0.15, -0.1) is 0 Å². The predicted molar refractivity (Wildman–Crippen MR) is 144 cm³/mol. The van der Waals surface area contributed by atoms with E-state index >= 15 is 0 Å². The van der Waals surface area contributed by atoms with E-state index in [0.717, 1.165) is 27.6 Å². The van der Waals surface area contributed by atoms with E-state index in [1.165, 1.54) is 4.90 Å². The van der Waals surface area contributed by atoms with Crippen molar-refractivity contribution in [2.75, 3.05) is 4.90 Å². The van der Waals surface area contributed by atoms with Gasteiger partial charge in [0.1, 0.15) is 5.76 Å². The Balaban J connectivity index is 1.82. The van der Waals surface area contributed by atoms with Crippen LogP contribution in [0.1, 0.15) is 49.1 Å². The summed E-state index contributed by atoms with van der Waals surface area (Å²) in [6.07, 6.45) is 1.95. The number of aryl methyl sites for hydroxylation is 2. The molecule has 1 N–H and O–H groups in total. The van der Waals surface area contributed by atoms with Gasteiger partial charge in [0.2, 0.25) is 0 Å². The normalized spacial score (nSPS) is 17.8. The number of para-hydroxylation sites is 2. The quantitative estimate of drug-likeness (QED) is 0.210. The van der Waals surface area contributed by atoms with Gasteiger partial charge in [-0.05, 0) is 47.7 Å². The molecule has 0 spiro atoms. The smallest absolute Gasteiger partial charge is 0.300 e. The second-order valence-electron chi connectivity index (χ2n) is 10.5. The van der Waals surface area contributed by atoms with Crippen LogP contribution in [0.5, 0.6) is 0 Å². The lowest BCUT2D eigenvalue weighted by molar-refractivity contribution is -0.132. The van der Waals surface area contributed by atoms with Gasteiger partial charge in [0.05, 0.1) is 11.6 Å². The van der Waals surface area contributed by atoms with Gasteiger partial charge in [-0.25, -0.2) is 0 Å². The molecule has 1 unspecified atom stereocenters. The molecule has 2 heterocycles. The second-order valence-corrected chi connectivity index (χ2v) is 10.5. The first-order valence-electron chi connectivity index (χ1n) is 12.1. The molecule has 0 saturated carbocycles. The van der Waals surface area contributed by atoms with Crippen molar-refractivity contribution in [3.63, 3.8) is 0 Å². The Morgan fingerprint density at radius 1 is 0.917 bits per heavy atom. The van der Waals surface area contributed by atoms with Gasteiger partial charge >= 0.3 is 0 Å². The fourth-order valence-electron chi connectivity index (χ4n) is 5.06. The first-order valence-corrected chi connectivity index (χ1v) is 12.1. The Labute approximate surface area is 211 Å². The number of Topliss-reactive ketones (excluding diaryl/α,β-unsaturated/α-hetero) is 1.